The van der Waals surface area contributed by atoms with E-state index in [1.807, 2.05) is 19.9 Å². The van der Waals surface area contributed by atoms with Crippen LogP contribution in [0.2, 0.25) is 0 Å². The Morgan fingerprint density at radius 2 is 1.82 bits per heavy atom. The van der Waals surface area contributed by atoms with Crippen molar-refractivity contribution in [1.82, 2.24) is 4.72 Å². The van der Waals surface area contributed by atoms with Crippen LogP contribution >= 0.6 is 0 Å². The summed E-state index contributed by atoms with van der Waals surface area (Å²) < 4.78 is 37.7. The van der Waals surface area contributed by atoms with Gasteiger partial charge in [-0.15, -0.1) is 0 Å². The van der Waals surface area contributed by atoms with Gasteiger partial charge in [-0.05, 0) is 62.2 Å². The van der Waals surface area contributed by atoms with Gasteiger partial charge in [0.2, 0.25) is 10.0 Å². The Bertz CT molecular complexity index is 911. The normalized spacial score (nSPS) is 12.3. The third-order valence-electron chi connectivity index (χ3n) is 4.10. The summed E-state index contributed by atoms with van der Waals surface area (Å²) >= 11 is 0. The Labute approximate surface area is 166 Å². The van der Waals surface area contributed by atoms with Crippen molar-refractivity contribution in [2.24, 2.45) is 0 Å². The molecule has 0 radical (unpaired) electrons. The molecule has 2 rings (SSSR count). The maximum atomic E-state index is 12.2. The van der Waals surface area contributed by atoms with E-state index in [0.717, 1.165) is 5.56 Å². The number of carbonyl (C=O) groups is 1. The highest BCUT2D eigenvalue weighted by Crippen LogP contribution is 2.25. The lowest BCUT2D eigenvalue weighted by Crippen LogP contribution is -2.31. The summed E-state index contributed by atoms with van der Waals surface area (Å²) in [4.78, 5) is 12.3. The molecule has 7 nitrogen and oxygen atoms in total. The molecule has 2 aromatic carbocycles. The van der Waals surface area contributed by atoms with Gasteiger partial charge in [0.25, 0.3) is 5.91 Å². The van der Waals surface area contributed by atoms with Crippen LogP contribution in [0, 0.1) is 6.92 Å². The number of benzene rings is 2. The third-order valence-corrected chi connectivity index (χ3v) is 5.71. The fourth-order valence-corrected chi connectivity index (χ4v) is 3.71. The van der Waals surface area contributed by atoms with Crippen LogP contribution < -0.4 is 19.5 Å². The number of rotatable bonds is 9. The second-order valence-electron chi connectivity index (χ2n) is 6.44. The zero-order valence-electron chi connectivity index (χ0n) is 16.5. The maximum absolute atomic E-state index is 12.2. The van der Waals surface area contributed by atoms with E-state index < -0.39 is 10.0 Å². The summed E-state index contributed by atoms with van der Waals surface area (Å²) in [6, 6.07) is 11.2. The molecule has 1 amide bonds. The van der Waals surface area contributed by atoms with E-state index in [0.29, 0.717) is 23.6 Å². The Kier molecular flexibility index (Phi) is 7.42. The van der Waals surface area contributed by atoms with Crippen LogP contribution in [0.1, 0.15) is 25.8 Å². The molecule has 0 fully saturated rings. The first kappa shape index (κ1) is 21.7. The van der Waals surface area contributed by atoms with Gasteiger partial charge in [-0.3, -0.25) is 4.79 Å². The third kappa shape index (κ3) is 5.97. The predicted molar refractivity (Wildman–Crippen MR) is 108 cm³/mol. The quantitative estimate of drug-likeness (QED) is 0.667. The number of sulfonamides is 1. The SMILES string of the molecule is CC[C@@H](C)NS(=O)(=O)c1ccc(OCC(=O)Nc2cc(C)ccc2OC)cc1. The molecule has 1 atom stereocenters. The van der Waals surface area contributed by atoms with Crippen LogP contribution in [0.15, 0.2) is 47.4 Å². The van der Waals surface area contributed by atoms with Crippen LogP contribution in [0.25, 0.3) is 0 Å². The minimum absolute atomic E-state index is 0.147. The largest absolute Gasteiger partial charge is 0.495 e. The molecule has 0 bridgehead atoms. The van der Waals surface area contributed by atoms with Gasteiger partial charge in [-0.2, -0.15) is 0 Å². The van der Waals surface area contributed by atoms with Crippen LogP contribution in [-0.2, 0) is 14.8 Å². The zero-order chi connectivity index (χ0) is 20.7. The molecule has 0 unspecified atom stereocenters. The molecule has 28 heavy (non-hydrogen) atoms. The van der Waals surface area contributed by atoms with E-state index in [1.54, 1.807) is 19.1 Å². The molecule has 0 saturated heterocycles. The zero-order valence-corrected chi connectivity index (χ0v) is 17.3. The summed E-state index contributed by atoms with van der Waals surface area (Å²) in [5.74, 6) is 0.607. The Hall–Kier alpha value is -2.58. The van der Waals surface area contributed by atoms with Crippen LogP contribution in [0.5, 0.6) is 11.5 Å². The topological polar surface area (TPSA) is 93.7 Å². The van der Waals surface area contributed by atoms with Crippen LogP contribution in [-0.4, -0.2) is 34.1 Å². The first-order valence-corrected chi connectivity index (χ1v) is 10.4. The fourth-order valence-electron chi connectivity index (χ4n) is 2.39. The lowest BCUT2D eigenvalue weighted by Gasteiger charge is -2.13. The van der Waals surface area contributed by atoms with Gasteiger partial charge in [0.15, 0.2) is 6.61 Å². The van der Waals surface area contributed by atoms with Gasteiger partial charge in [-0.1, -0.05) is 13.0 Å². The molecule has 2 aromatic rings. The van der Waals surface area contributed by atoms with Crippen molar-refractivity contribution in [2.75, 3.05) is 19.0 Å². The highest BCUT2D eigenvalue weighted by atomic mass is 32.2. The molecule has 152 valence electrons. The minimum Gasteiger partial charge on any atom is -0.495 e. The van der Waals surface area contributed by atoms with Gasteiger partial charge >= 0.3 is 0 Å². The Morgan fingerprint density at radius 3 is 2.43 bits per heavy atom. The van der Waals surface area contributed by atoms with Crippen molar-refractivity contribution in [3.8, 4) is 11.5 Å². The van der Waals surface area contributed by atoms with Gasteiger partial charge in [0.05, 0.1) is 17.7 Å². The van der Waals surface area contributed by atoms with Crippen molar-refractivity contribution < 1.29 is 22.7 Å². The monoisotopic (exact) mass is 406 g/mol. The summed E-state index contributed by atoms with van der Waals surface area (Å²) in [6.45, 7) is 5.41. The fraction of sp³-hybridized carbons (Fsp3) is 0.350. The van der Waals surface area contributed by atoms with E-state index in [9.17, 15) is 13.2 Å². The molecule has 0 spiro atoms. The molecule has 0 aliphatic heterocycles. The van der Waals surface area contributed by atoms with Crippen LogP contribution in [0.4, 0.5) is 5.69 Å². The number of methoxy groups -OCH3 is 1. The predicted octanol–water partition coefficient (Wildman–Crippen LogP) is 3.10. The molecule has 0 aliphatic rings. The Morgan fingerprint density at radius 1 is 1.14 bits per heavy atom. The number of aryl methyl sites for hydroxylation is 1. The standard InChI is InChI=1S/C20H26N2O5S/c1-5-15(3)22-28(24,25)17-9-7-16(8-10-17)27-13-20(23)21-18-12-14(2)6-11-19(18)26-4/h6-12,15,22H,5,13H2,1-4H3,(H,21,23)/t15-/m1/s1. The molecule has 0 saturated carbocycles. The minimum atomic E-state index is -3.57. The first-order chi connectivity index (χ1) is 13.2. The van der Waals surface area contributed by atoms with Gasteiger partial charge in [0, 0.05) is 6.04 Å². The molecule has 8 heteroatoms. The number of hydrogen-bond acceptors (Lipinski definition) is 5. The van der Waals surface area contributed by atoms with E-state index in [4.69, 9.17) is 9.47 Å². The van der Waals surface area contributed by atoms with Gasteiger partial charge in [-0.25, -0.2) is 13.1 Å². The second kappa shape index (κ2) is 9.57. The number of ether oxygens (including phenoxy) is 2. The first-order valence-electron chi connectivity index (χ1n) is 8.95. The van der Waals surface area contributed by atoms with Crippen molar-refractivity contribution in [1.29, 1.82) is 0 Å². The Balaban J connectivity index is 1.96. The summed E-state index contributed by atoms with van der Waals surface area (Å²) in [5, 5.41) is 2.74. The van der Waals surface area contributed by atoms with E-state index in [2.05, 4.69) is 10.0 Å². The van der Waals surface area contributed by atoms with E-state index in [1.165, 1.54) is 31.4 Å². The number of nitrogens with one attached hydrogen (secondary N) is 2. The van der Waals surface area contributed by atoms with Crippen molar-refractivity contribution in [2.45, 2.75) is 38.1 Å². The smallest absolute Gasteiger partial charge is 0.262 e. The van der Waals surface area contributed by atoms with Crippen LogP contribution in [0.3, 0.4) is 0 Å². The van der Waals surface area contributed by atoms with E-state index >= 15 is 0 Å². The van der Waals surface area contributed by atoms with Crippen molar-refractivity contribution in [3.05, 3.63) is 48.0 Å². The van der Waals surface area contributed by atoms with E-state index in [-0.39, 0.29) is 23.5 Å². The van der Waals surface area contributed by atoms with Gasteiger partial charge in [0.1, 0.15) is 11.5 Å². The summed E-state index contributed by atoms with van der Waals surface area (Å²) in [6.07, 6.45) is 0.696. The lowest BCUT2D eigenvalue weighted by atomic mass is 10.2. The number of amides is 1. The molecule has 0 aliphatic carbocycles. The molecular formula is C20H26N2O5S. The molecular weight excluding hydrogens is 380 g/mol. The van der Waals surface area contributed by atoms with Gasteiger partial charge < -0.3 is 14.8 Å². The van der Waals surface area contributed by atoms with Crippen molar-refractivity contribution in [3.63, 3.8) is 0 Å². The number of hydrogen-bond donors (Lipinski definition) is 2. The molecule has 0 heterocycles. The lowest BCUT2D eigenvalue weighted by molar-refractivity contribution is -0.118. The average Bonchev–Trinajstić information content (AvgIpc) is 2.66. The number of anilines is 1. The highest BCUT2D eigenvalue weighted by molar-refractivity contribution is 7.89. The molecule has 0 aromatic heterocycles. The summed E-state index contributed by atoms with van der Waals surface area (Å²) in [7, 11) is -2.04. The maximum Gasteiger partial charge on any atom is 0.262 e. The second-order valence-corrected chi connectivity index (χ2v) is 8.16. The molecule has 2 N–H and O–H groups in total. The van der Waals surface area contributed by atoms with Crippen molar-refractivity contribution >= 4 is 21.6 Å². The number of carbonyl (C=O) groups excluding carboxylic acids is 1. The summed E-state index contributed by atoms with van der Waals surface area (Å²) in [5.41, 5.74) is 1.55. The average molecular weight is 407 g/mol. The highest BCUT2D eigenvalue weighted by Gasteiger charge is 2.16.